The summed E-state index contributed by atoms with van der Waals surface area (Å²) in [5.74, 6) is 0.0600. The Kier molecular flexibility index (Phi) is 3.75. The molecule has 2 fully saturated rings. The minimum Gasteiger partial charge on any atom is -0.335 e. The van der Waals surface area contributed by atoms with Crippen LogP contribution in [0.15, 0.2) is 24.4 Å². The second-order valence-electron chi connectivity index (χ2n) is 5.19. The molecule has 0 aromatic carbocycles. The van der Waals surface area contributed by atoms with Gasteiger partial charge < -0.3 is 10.2 Å². The molecule has 2 saturated heterocycles. The van der Waals surface area contributed by atoms with Crippen molar-refractivity contribution in [3.8, 4) is 0 Å². The maximum absolute atomic E-state index is 12.3. The van der Waals surface area contributed by atoms with Crippen molar-refractivity contribution < 1.29 is 4.79 Å². The zero-order valence-electron chi connectivity index (χ0n) is 11.1. The third-order valence-electron chi connectivity index (χ3n) is 4.04. The van der Waals surface area contributed by atoms with E-state index in [1.165, 1.54) is 6.42 Å². The van der Waals surface area contributed by atoms with Gasteiger partial charge in [0.1, 0.15) is 5.69 Å². The monoisotopic (exact) mass is 260 g/mol. The number of nitrogens with zero attached hydrogens (tertiary/aromatic N) is 3. The molecule has 1 unspecified atom stereocenters. The first-order valence-electron chi connectivity index (χ1n) is 6.99. The van der Waals surface area contributed by atoms with Crippen molar-refractivity contribution in [1.82, 2.24) is 20.1 Å². The first kappa shape index (κ1) is 12.6. The molecule has 19 heavy (non-hydrogen) atoms. The minimum atomic E-state index is 0.0600. The number of hydrogen-bond acceptors (Lipinski definition) is 4. The second kappa shape index (κ2) is 5.67. The van der Waals surface area contributed by atoms with Gasteiger partial charge in [-0.2, -0.15) is 0 Å². The number of carbonyl (C=O) groups is 1. The number of piperazine rings is 1. The molecule has 5 heteroatoms. The topological polar surface area (TPSA) is 48.5 Å². The molecule has 1 atom stereocenters. The Balaban J connectivity index is 1.56. The van der Waals surface area contributed by atoms with Gasteiger partial charge in [0.05, 0.1) is 0 Å². The highest BCUT2D eigenvalue weighted by molar-refractivity contribution is 5.92. The Morgan fingerprint density at radius 2 is 2.11 bits per heavy atom. The molecular formula is C14H20N4O. The Labute approximate surface area is 113 Å². The standard InChI is InChI=1S/C14H20N4O/c19-14(13-3-1-2-5-16-13)18-9-7-17(8-10-18)12-4-6-15-11-12/h1-3,5,12,15H,4,6-11H2. The highest BCUT2D eigenvalue weighted by atomic mass is 16.2. The summed E-state index contributed by atoms with van der Waals surface area (Å²) in [5, 5.41) is 3.40. The highest BCUT2D eigenvalue weighted by Gasteiger charge is 2.28. The van der Waals surface area contributed by atoms with Crippen molar-refractivity contribution in [3.63, 3.8) is 0 Å². The van der Waals surface area contributed by atoms with Gasteiger partial charge in [-0.25, -0.2) is 0 Å². The van der Waals surface area contributed by atoms with Crippen LogP contribution in [0.2, 0.25) is 0 Å². The molecule has 0 radical (unpaired) electrons. The summed E-state index contributed by atoms with van der Waals surface area (Å²) < 4.78 is 0. The molecule has 1 aromatic heterocycles. The molecule has 2 aliphatic rings. The van der Waals surface area contributed by atoms with Crippen molar-refractivity contribution in [3.05, 3.63) is 30.1 Å². The van der Waals surface area contributed by atoms with Crippen molar-refractivity contribution in [2.75, 3.05) is 39.3 Å². The molecule has 1 aromatic rings. The lowest BCUT2D eigenvalue weighted by Crippen LogP contribution is -2.52. The van der Waals surface area contributed by atoms with E-state index in [1.54, 1.807) is 12.3 Å². The summed E-state index contributed by atoms with van der Waals surface area (Å²) in [4.78, 5) is 20.8. The van der Waals surface area contributed by atoms with E-state index < -0.39 is 0 Å². The van der Waals surface area contributed by atoms with Crippen LogP contribution < -0.4 is 5.32 Å². The van der Waals surface area contributed by atoms with Gasteiger partial charge in [-0.15, -0.1) is 0 Å². The summed E-state index contributed by atoms with van der Waals surface area (Å²) in [6, 6.07) is 6.14. The Morgan fingerprint density at radius 1 is 1.26 bits per heavy atom. The Morgan fingerprint density at radius 3 is 2.74 bits per heavy atom. The van der Waals surface area contributed by atoms with Gasteiger partial charge in [0.25, 0.3) is 5.91 Å². The van der Waals surface area contributed by atoms with Crippen molar-refractivity contribution in [1.29, 1.82) is 0 Å². The van der Waals surface area contributed by atoms with E-state index in [1.807, 2.05) is 17.0 Å². The number of amides is 1. The van der Waals surface area contributed by atoms with E-state index in [-0.39, 0.29) is 5.91 Å². The fourth-order valence-corrected chi connectivity index (χ4v) is 2.89. The molecule has 0 aliphatic carbocycles. The van der Waals surface area contributed by atoms with Crippen LogP contribution in [0.4, 0.5) is 0 Å². The molecule has 1 amide bonds. The number of carbonyl (C=O) groups excluding carboxylic acids is 1. The molecule has 3 rings (SSSR count). The lowest BCUT2D eigenvalue weighted by molar-refractivity contribution is 0.0578. The zero-order chi connectivity index (χ0) is 13.1. The van der Waals surface area contributed by atoms with Crippen LogP contribution in [0.25, 0.3) is 0 Å². The van der Waals surface area contributed by atoms with Crippen LogP contribution in [0, 0.1) is 0 Å². The summed E-state index contributed by atoms with van der Waals surface area (Å²) in [5.41, 5.74) is 0.554. The minimum absolute atomic E-state index is 0.0600. The molecule has 1 N–H and O–H groups in total. The van der Waals surface area contributed by atoms with Gasteiger partial charge in [0, 0.05) is 45.0 Å². The van der Waals surface area contributed by atoms with Gasteiger partial charge in [-0.1, -0.05) is 6.07 Å². The molecule has 0 saturated carbocycles. The number of pyridine rings is 1. The fourth-order valence-electron chi connectivity index (χ4n) is 2.89. The number of hydrogen-bond donors (Lipinski definition) is 1. The zero-order valence-corrected chi connectivity index (χ0v) is 11.1. The van der Waals surface area contributed by atoms with E-state index in [4.69, 9.17) is 0 Å². The Hall–Kier alpha value is -1.46. The first-order valence-corrected chi connectivity index (χ1v) is 6.99. The summed E-state index contributed by atoms with van der Waals surface area (Å²) >= 11 is 0. The maximum atomic E-state index is 12.3. The summed E-state index contributed by atoms with van der Waals surface area (Å²) in [6.45, 7) is 5.79. The number of rotatable bonds is 2. The van der Waals surface area contributed by atoms with E-state index in [0.717, 1.165) is 39.3 Å². The van der Waals surface area contributed by atoms with Crippen molar-refractivity contribution >= 4 is 5.91 Å². The van der Waals surface area contributed by atoms with Gasteiger partial charge in [-0.05, 0) is 25.1 Å². The van der Waals surface area contributed by atoms with Crippen molar-refractivity contribution in [2.45, 2.75) is 12.5 Å². The van der Waals surface area contributed by atoms with Crippen LogP contribution in [0.5, 0.6) is 0 Å². The lowest BCUT2D eigenvalue weighted by atomic mass is 10.2. The first-order chi connectivity index (χ1) is 9.34. The van der Waals surface area contributed by atoms with Crippen LogP contribution in [-0.4, -0.2) is 66.0 Å². The van der Waals surface area contributed by atoms with Crippen molar-refractivity contribution in [2.24, 2.45) is 0 Å². The normalized spacial score (nSPS) is 24.6. The van der Waals surface area contributed by atoms with Gasteiger partial charge in [-0.3, -0.25) is 14.7 Å². The summed E-state index contributed by atoms with van der Waals surface area (Å²) in [6.07, 6.45) is 2.90. The predicted molar refractivity (Wildman–Crippen MR) is 73.0 cm³/mol. The lowest BCUT2D eigenvalue weighted by Gasteiger charge is -2.37. The molecule has 0 bridgehead atoms. The van der Waals surface area contributed by atoms with Crippen LogP contribution in [-0.2, 0) is 0 Å². The average molecular weight is 260 g/mol. The van der Waals surface area contributed by atoms with Gasteiger partial charge in [0.15, 0.2) is 0 Å². The molecule has 0 spiro atoms. The van der Waals surface area contributed by atoms with Crippen LogP contribution in [0.3, 0.4) is 0 Å². The van der Waals surface area contributed by atoms with Crippen LogP contribution >= 0.6 is 0 Å². The molecule has 2 aliphatic heterocycles. The molecule has 3 heterocycles. The smallest absolute Gasteiger partial charge is 0.272 e. The largest absolute Gasteiger partial charge is 0.335 e. The van der Waals surface area contributed by atoms with Gasteiger partial charge >= 0.3 is 0 Å². The summed E-state index contributed by atoms with van der Waals surface area (Å²) in [7, 11) is 0. The highest BCUT2D eigenvalue weighted by Crippen LogP contribution is 2.13. The molecule has 102 valence electrons. The van der Waals surface area contributed by atoms with E-state index in [0.29, 0.717) is 11.7 Å². The molecule has 5 nitrogen and oxygen atoms in total. The predicted octanol–water partition coefficient (Wildman–Crippen LogP) is 0.201. The van der Waals surface area contributed by atoms with Crippen LogP contribution in [0.1, 0.15) is 16.9 Å². The Bertz CT molecular complexity index is 422. The quantitative estimate of drug-likeness (QED) is 0.825. The fraction of sp³-hybridized carbons (Fsp3) is 0.571. The van der Waals surface area contributed by atoms with E-state index in [9.17, 15) is 4.79 Å². The SMILES string of the molecule is O=C(c1ccccn1)N1CCN(C2CCNC2)CC1. The third-order valence-corrected chi connectivity index (χ3v) is 4.04. The number of aromatic nitrogens is 1. The third kappa shape index (κ3) is 2.77. The molecular weight excluding hydrogens is 240 g/mol. The maximum Gasteiger partial charge on any atom is 0.272 e. The van der Waals surface area contributed by atoms with E-state index >= 15 is 0 Å². The number of nitrogens with one attached hydrogen (secondary N) is 1. The average Bonchev–Trinajstić information content (AvgIpc) is 3.02. The van der Waals surface area contributed by atoms with Gasteiger partial charge in [0.2, 0.25) is 0 Å². The van der Waals surface area contributed by atoms with E-state index in [2.05, 4.69) is 15.2 Å². The second-order valence-corrected chi connectivity index (χ2v) is 5.19.